The van der Waals surface area contributed by atoms with E-state index in [1.807, 2.05) is 12.1 Å². The van der Waals surface area contributed by atoms with Crippen LogP contribution in [0.15, 0.2) is 54.9 Å². The normalized spacial score (nSPS) is 10.9. The second-order valence-corrected chi connectivity index (χ2v) is 9.40. The van der Waals surface area contributed by atoms with Gasteiger partial charge in [0.1, 0.15) is 11.6 Å². The summed E-state index contributed by atoms with van der Waals surface area (Å²) in [5.41, 5.74) is 2.02. The molecule has 0 spiro atoms. The molecule has 0 amide bonds. The molecule has 0 aliphatic carbocycles. The second-order valence-electron chi connectivity index (χ2n) is 9.40. The van der Waals surface area contributed by atoms with Crippen LogP contribution in [0.5, 0.6) is 11.5 Å². The zero-order valence-corrected chi connectivity index (χ0v) is 22.2. The quantitative estimate of drug-likeness (QED) is 0.144. The Bertz CT molecular complexity index is 1080. The van der Waals surface area contributed by atoms with E-state index in [2.05, 4.69) is 35.9 Å². The maximum atomic E-state index is 14.5. The van der Waals surface area contributed by atoms with Crippen LogP contribution in [0.2, 0.25) is 0 Å². The maximum Gasteiger partial charge on any atom is 0.346 e. The number of nitrogens with zero attached hydrogens (tertiary/aromatic N) is 2. The number of carbonyl (C=O) groups excluding carboxylic acids is 1. The zero-order valence-electron chi connectivity index (χ0n) is 22.2. The van der Waals surface area contributed by atoms with Gasteiger partial charge in [0.2, 0.25) is 0 Å². The zero-order chi connectivity index (χ0) is 26.3. The van der Waals surface area contributed by atoms with Crippen molar-refractivity contribution in [1.82, 2.24) is 9.97 Å². The molecule has 5 nitrogen and oxygen atoms in total. The minimum Gasteiger partial charge on any atom is -0.493 e. The maximum absolute atomic E-state index is 14.5. The van der Waals surface area contributed by atoms with Crippen molar-refractivity contribution in [2.75, 3.05) is 6.61 Å². The summed E-state index contributed by atoms with van der Waals surface area (Å²) in [6.45, 7) is 4.93. The summed E-state index contributed by atoms with van der Waals surface area (Å²) in [5, 5.41) is 0. The first kappa shape index (κ1) is 28.3. The standard InChI is InChI=1S/C31H39FN2O3/c1-3-5-7-9-10-12-20-36-26-18-19-28(29(32)21-26)31(35)37-27-22-33-30(34-23-27)25-16-14-24(15-17-25)13-11-8-6-4-2/h14-19,21-23H,3-13,20H2,1-2H3. The molecule has 1 aromatic heterocycles. The van der Waals surface area contributed by atoms with Crippen molar-refractivity contribution in [1.29, 1.82) is 0 Å². The number of unbranched alkanes of at least 4 members (excludes halogenated alkanes) is 8. The molecule has 6 heteroatoms. The van der Waals surface area contributed by atoms with Gasteiger partial charge >= 0.3 is 5.97 Å². The highest BCUT2D eigenvalue weighted by Crippen LogP contribution is 2.21. The molecule has 0 N–H and O–H groups in total. The lowest BCUT2D eigenvalue weighted by Crippen LogP contribution is -2.11. The van der Waals surface area contributed by atoms with E-state index in [1.165, 1.54) is 81.5 Å². The SMILES string of the molecule is CCCCCCCCOc1ccc(C(=O)Oc2cnc(-c3ccc(CCCCCC)cc3)nc2)c(F)c1. The average Bonchev–Trinajstić information content (AvgIpc) is 2.91. The van der Waals surface area contributed by atoms with Gasteiger partial charge in [0.05, 0.1) is 24.6 Å². The van der Waals surface area contributed by atoms with Gasteiger partial charge in [-0.15, -0.1) is 0 Å². The van der Waals surface area contributed by atoms with Crippen LogP contribution in [0, 0.1) is 5.82 Å². The number of aryl methyl sites for hydroxylation is 1. The fourth-order valence-corrected chi connectivity index (χ4v) is 4.08. The minimum atomic E-state index is -0.802. The van der Waals surface area contributed by atoms with Crippen molar-refractivity contribution >= 4 is 5.97 Å². The predicted octanol–water partition coefficient (Wildman–Crippen LogP) is 8.36. The highest BCUT2D eigenvalue weighted by atomic mass is 19.1. The third-order valence-corrected chi connectivity index (χ3v) is 6.30. The summed E-state index contributed by atoms with van der Waals surface area (Å²) in [6, 6.07) is 12.4. The van der Waals surface area contributed by atoms with Gasteiger partial charge in [-0.3, -0.25) is 0 Å². The lowest BCUT2D eigenvalue weighted by Gasteiger charge is -2.09. The number of hydrogen-bond donors (Lipinski definition) is 0. The fourth-order valence-electron chi connectivity index (χ4n) is 4.08. The summed E-state index contributed by atoms with van der Waals surface area (Å²) >= 11 is 0. The molecule has 0 unspecified atom stereocenters. The third kappa shape index (κ3) is 9.60. The Morgan fingerprint density at radius 1 is 0.784 bits per heavy atom. The Kier molecular flexibility index (Phi) is 12.0. The van der Waals surface area contributed by atoms with E-state index in [1.54, 1.807) is 6.07 Å². The van der Waals surface area contributed by atoms with Crippen molar-refractivity contribution in [2.45, 2.75) is 84.5 Å². The van der Waals surface area contributed by atoms with Crippen LogP contribution in [0.4, 0.5) is 4.39 Å². The molecule has 3 rings (SSSR count). The molecule has 0 atom stereocenters. The second kappa shape index (κ2) is 15.7. The first-order valence-corrected chi connectivity index (χ1v) is 13.7. The molecule has 3 aromatic rings. The first-order chi connectivity index (χ1) is 18.1. The number of esters is 1. The van der Waals surface area contributed by atoms with Gasteiger partial charge < -0.3 is 9.47 Å². The van der Waals surface area contributed by atoms with E-state index in [0.29, 0.717) is 18.2 Å². The third-order valence-electron chi connectivity index (χ3n) is 6.30. The number of carbonyl (C=O) groups is 1. The minimum absolute atomic E-state index is 0.157. The molecular weight excluding hydrogens is 467 g/mol. The van der Waals surface area contributed by atoms with Crippen molar-refractivity contribution in [3.05, 3.63) is 71.8 Å². The molecule has 0 saturated heterocycles. The molecule has 0 saturated carbocycles. The van der Waals surface area contributed by atoms with Crippen LogP contribution in [-0.4, -0.2) is 22.5 Å². The average molecular weight is 507 g/mol. The smallest absolute Gasteiger partial charge is 0.346 e. The van der Waals surface area contributed by atoms with E-state index in [4.69, 9.17) is 9.47 Å². The number of ether oxygens (including phenoxy) is 2. The van der Waals surface area contributed by atoms with E-state index in [-0.39, 0.29) is 11.3 Å². The van der Waals surface area contributed by atoms with Crippen LogP contribution in [0.25, 0.3) is 11.4 Å². The van der Waals surface area contributed by atoms with Crippen LogP contribution in [0.3, 0.4) is 0 Å². The molecule has 198 valence electrons. The Hall–Kier alpha value is -3.28. The lowest BCUT2D eigenvalue weighted by molar-refractivity contribution is 0.0728. The van der Waals surface area contributed by atoms with Gasteiger partial charge in [0, 0.05) is 11.6 Å². The molecule has 1 heterocycles. The van der Waals surface area contributed by atoms with Crippen LogP contribution in [0.1, 0.15) is 94.0 Å². The number of hydrogen-bond acceptors (Lipinski definition) is 5. The van der Waals surface area contributed by atoms with Gasteiger partial charge in [-0.1, -0.05) is 89.5 Å². The van der Waals surface area contributed by atoms with Gasteiger partial charge in [0.15, 0.2) is 11.6 Å². The summed E-state index contributed by atoms with van der Waals surface area (Å²) in [6.07, 6.45) is 15.8. The van der Waals surface area contributed by atoms with Crippen molar-refractivity contribution in [3.63, 3.8) is 0 Å². The summed E-state index contributed by atoms with van der Waals surface area (Å²) in [7, 11) is 0. The monoisotopic (exact) mass is 506 g/mol. The number of benzene rings is 2. The highest BCUT2D eigenvalue weighted by molar-refractivity contribution is 5.91. The van der Waals surface area contributed by atoms with Crippen molar-refractivity contribution < 1.29 is 18.7 Å². The molecule has 2 aromatic carbocycles. The van der Waals surface area contributed by atoms with Crippen LogP contribution in [-0.2, 0) is 6.42 Å². The molecule has 0 radical (unpaired) electrons. The molecule has 37 heavy (non-hydrogen) atoms. The number of halogens is 1. The summed E-state index contributed by atoms with van der Waals surface area (Å²) in [5.74, 6) is -0.386. The largest absolute Gasteiger partial charge is 0.493 e. The Labute approximate surface area is 220 Å². The van der Waals surface area contributed by atoms with Gasteiger partial charge in [-0.2, -0.15) is 0 Å². The van der Waals surface area contributed by atoms with Crippen LogP contribution < -0.4 is 9.47 Å². The van der Waals surface area contributed by atoms with Crippen molar-refractivity contribution in [3.8, 4) is 22.9 Å². The van der Waals surface area contributed by atoms with E-state index >= 15 is 0 Å². The Morgan fingerprint density at radius 2 is 1.43 bits per heavy atom. The Balaban J connectivity index is 1.48. The molecular formula is C31H39FN2O3. The number of aromatic nitrogens is 2. The fraction of sp³-hybridized carbons (Fsp3) is 0.452. The Morgan fingerprint density at radius 3 is 2.11 bits per heavy atom. The lowest BCUT2D eigenvalue weighted by atomic mass is 10.0. The van der Waals surface area contributed by atoms with Crippen LogP contribution >= 0.6 is 0 Å². The van der Waals surface area contributed by atoms with E-state index < -0.39 is 11.8 Å². The molecule has 0 aliphatic rings. The van der Waals surface area contributed by atoms with Gasteiger partial charge in [-0.25, -0.2) is 19.2 Å². The van der Waals surface area contributed by atoms with Crippen molar-refractivity contribution in [2.24, 2.45) is 0 Å². The number of rotatable bonds is 16. The molecule has 0 aliphatic heterocycles. The molecule has 0 fully saturated rings. The summed E-state index contributed by atoms with van der Waals surface area (Å²) in [4.78, 5) is 21.1. The molecule has 0 bridgehead atoms. The predicted molar refractivity (Wildman–Crippen MR) is 146 cm³/mol. The summed E-state index contributed by atoms with van der Waals surface area (Å²) < 4.78 is 25.5. The highest BCUT2D eigenvalue weighted by Gasteiger charge is 2.16. The van der Waals surface area contributed by atoms with Gasteiger partial charge in [0.25, 0.3) is 0 Å². The topological polar surface area (TPSA) is 61.3 Å². The van der Waals surface area contributed by atoms with E-state index in [9.17, 15) is 9.18 Å². The van der Waals surface area contributed by atoms with Gasteiger partial charge in [-0.05, 0) is 37.0 Å². The first-order valence-electron chi connectivity index (χ1n) is 13.7. The van der Waals surface area contributed by atoms with E-state index in [0.717, 1.165) is 24.8 Å².